The molecule has 0 N–H and O–H groups in total. The smallest absolute Gasteiger partial charge is 0.192 e. The molecule has 0 atom stereocenters. The Hall–Kier alpha value is -2.96. The zero-order valence-corrected chi connectivity index (χ0v) is 14.4. The Morgan fingerprint density at radius 1 is 0.560 bits per heavy atom. The van der Waals surface area contributed by atoms with Crippen molar-refractivity contribution in [3.63, 3.8) is 0 Å². The van der Waals surface area contributed by atoms with Gasteiger partial charge in [0.05, 0.1) is 11.4 Å². The summed E-state index contributed by atoms with van der Waals surface area (Å²) in [5.41, 5.74) is 3.41. The molecule has 0 fully saturated rings. The summed E-state index contributed by atoms with van der Waals surface area (Å²) in [7, 11) is 6.09. The molecule has 0 aliphatic heterocycles. The number of halogens is 3. The van der Waals surface area contributed by atoms with Crippen LogP contribution in [0.4, 0.5) is 17.1 Å². The highest BCUT2D eigenvalue weighted by Crippen LogP contribution is 2.32. The lowest BCUT2D eigenvalue weighted by Gasteiger charge is -2.22. The van der Waals surface area contributed by atoms with E-state index in [4.69, 9.17) is 0 Å². The van der Waals surface area contributed by atoms with Gasteiger partial charge in [-0.1, -0.05) is 0 Å². The normalized spacial score (nSPS) is 9.24. The number of pyridine rings is 3. The van der Waals surface area contributed by atoms with Gasteiger partial charge in [-0.05, 0) is 6.07 Å². The van der Waals surface area contributed by atoms with Crippen LogP contribution in [0.3, 0.4) is 0 Å². The molecule has 0 aromatic carbocycles. The Morgan fingerprint density at radius 3 is 1.40 bits per heavy atom. The minimum atomic E-state index is 0. The third-order valence-corrected chi connectivity index (χ3v) is 3.62. The molecule has 25 heavy (non-hydrogen) atoms. The number of nitrogens with zero attached hydrogens (tertiary/aromatic N) is 4. The fourth-order valence-electron chi connectivity index (χ4n) is 2.44. The van der Waals surface area contributed by atoms with Crippen molar-refractivity contribution in [2.24, 2.45) is 21.1 Å². The first-order chi connectivity index (χ1) is 10.6. The second-order valence-electron chi connectivity index (χ2n) is 5.51. The topological polar surface area (TPSA) is 14.9 Å². The predicted molar refractivity (Wildman–Crippen MR) is 84.7 cm³/mol. The van der Waals surface area contributed by atoms with Gasteiger partial charge in [-0.15, -0.1) is 0 Å². The molecule has 0 saturated carbocycles. The minimum Gasteiger partial charge on any atom is -1.00 e. The largest absolute Gasteiger partial charge is 1.00 e. The minimum absolute atomic E-state index is 0. The number of aromatic nitrogens is 3. The summed E-state index contributed by atoms with van der Waals surface area (Å²) >= 11 is 0. The summed E-state index contributed by atoms with van der Waals surface area (Å²) in [5.74, 6) is 0. The Kier molecular flexibility index (Phi) is 8.25. The number of hydrogen-bond donors (Lipinski definition) is 0. The van der Waals surface area contributed by atoms with Gasteiger partial charge in [0.2, 0.25) is 0 Å². The van der Waals surface area contributed by atoms with E-state index in [1.807, 2.05) is 36.5 Å². The number of anilines is 3. The molecule has 0 radical (unpaired) electrons. The van der Waals surface area contributed by atoms with Gasteiger partial charge < -0.3 is 19.0 Å². The Labute approximate surface area is 145 Å². The second-order valence-corrected chi connectivity index (χ2v) is 5.51. The first-order valence-corrected chi connectivity index (χ1v) is 7.29. The molecule has 3 aromatic heterocycles. The standard InChI is InChI=1S/C18H21N4.3FH/c1-19-11-6-16(7-12-19)22(17-8-13-20(2)14-9-17)18-5-4-10-21(3)15-18;;;/h4-15H,1-3H3;3*1H/q+3;;;/p-3. The molecule has 0 amide bonds. The molecule has 3 heterocycles. The highest BCUT2D eigenvalue weighted by Gasteiger charge is 2.16. The second kappa shape index (κ2) is 9.36. The van der Waals surface area contributed by atoms with Crippen LogP contribution in [-0.4, -0.2) is 0 Å². The summed E-state index contributed by atoms with van der Waals surface area (Å²) < 4.78 is 6.14. The molecular formula is C18H21F3N4. The zero-order chi connectivity index (χ0) is 15.5. The van der Waals surface area contributed by atoms with Crippen LogP contribution in [0.25, 0.3) is 0 Å². The van der Waals surface area contributed by atoms with Crippen molar-refractivity contribution < 1.29 is 27.8 Å². The molecule has 3 aromatic rings. The van der Waals surface area contributed by atoms with E-state index in [-0.39, 0.29) is 14.1 Å². The first kappa shape index (κ1) is 22.0. The molecule has 0 spiro atoms. The molecule has 3 rings (SSSR count). The maximum atomic E-state index is 2.25. The summed E-state index contributed by atoms with van der Waals surface area (Å²) in [5, 5.41) is 0. The molecular weight excluding hydrogens is 329 g/mol. The van der Waals surface area contributed by atoms with Gasteiger partial charge in [-0.2, -0.15) is 0 Å². The molecule has 0 aliphatic rings. The average Bonchev–Trinajstić information content (AvgIpc) is 2.51. The molecule has 0 aliphatic carbocycles. The van der Waals surface area contributed by atoms with E-state index in [0.29, 0.717) is 0 Å². The highest BCUT2D eigenvalue weighted by atomic mass is 19.0. The average molecular weight is 350 g/mol. The highest BCUT2D eigenvalue weighted by molar-refractivity contribution is 5.74. The number of aryl methyl sites for hydroxylation is 3. The van der Waals surface area contributed by atoms with Gasteiger partial charge >= 0.3 is 0 Å². The lowest BCUT2D eigenvalue weighted by molar-refractivity contribution is -0.671. The van der Waals surface area contributed by atoms with Crippen molar-refractivity contribution in [1.29, 1.82) is 0 Å². The van der Waals surface area contributed by atoms with Crippen LogP contribution in [0.1, 0.15) is 0 Å². The van der Waals surface area contributed by atoms with Crippen LogP contribution in [-0.2, 0) is 21.1 Å². The van der Waals surface area contributed by atoms with E-state index in [2.05, 4.69) is 76.8 Å². The fraction of sp³-hybridized carbons (Fsp3) is 0.167. The maximum Gasteiger partial charge on any atom is 0.192 e. The Bertz CT molecular complexity index is 732. The predicted octanol–water partition coefficient (Wildman–Crippen LogP) is -7.36. The fourth-order valence-corrected chi connectivity index (χ4v) is 2.44. The summed E-state index contributed by atoms with van der Waals surface area (Å²) in [6.45, 7) is 0. The third kappa shape index (κ3) is 5.00. The first-order valence-electron chi connectivity index (χ1n) is 7.29. The van der Waals surface area contributed by atoms with E-state index in [1.165, 1.54) is 0 Å². The molecule has 4 nitrogen and oxygen atoms in total. The van der Waals surface area contributed by atoms with Crippen molar-refractivity contribution in [1.82, 2.24) is 0 Å². The summed E-state index contributed by atoms with van der Waals surface area (Å²) in [6.07, 6.45) is 12.4. The van der Waals surface area contributed by atoms with Gasteiger partial charge in [0.15, 0.2) is 37.2 Å². The van der Waals surface area contributed by atoms with Crippen LogP contribution < -0.4 is 32.7 Å². The van der Waals surface area contributed by atoms with Gasteiger partial charge in [0.1, 0.15) is 26.8 Å². The van der Waals surface area contributed by atoms with Crippen molar-refractivity contribution in [2.45, 2.75) is 0 Å². The van der Waals surface area contributed by atoms with Gasteiger partial charge in [-0.3, -0.25) is 0 Å². The quantitative estimate of drug-likeness (QED) is 0.429. The number of rotatable bonds is 3. The van der Waals surface area contributed by atoms with Gasteiger partial charge in [0.25, 0.3) is 0 Å². The van der Waals surface area contributed by atoms with Crippen LogP contribution >= 0.6 is 0 Å². The SMILES string of the molecule is C[n+]1ccc(N(c2cc[n+](C)cc2)c2ccc[n+](C)c2)cc1.[F-].[F-].[F-]. The van der Waals surface area contributed by atoms with E-state index < -0.39 is 0 Å². The van der Waals surface area contributed by atoms with E-state index in [0.717, 1.165) is 17.1 Å². The summed E-state index contributed by atoms with van der Waals surface area (Å²) in [4.78, 5) is 2.25. The molecule has 0 bridgehead atoms. The lowest BCUT2D eigenvalue weighted by atomic mass is 10.2. The van der Waals surface area contributed by atoms with Crippen molar-refractivity contribution in [3.05, 3.63) is 73.6 Å². The molecule has 134 valence electrons. The van der Waals surface area contributed by atoms with E-state index in [9.17, 15) is 0 Å². The summed E-state index contributed by atoms with van der Waals surface area (Å²) in [6, 6.07) is 12.7. The van der Waals surface area contributed by atoms with Crippen LogP contribution in [0.2, 0.25) is 0 Å². The van der Waals surface area contributed by atoms with Crippen LogP contribution in [0, 0.1) is 0 Å². The van der Waals surface area contributed by atoms with Crippen molar-refractivity contribution in [2.75, 3.05) is 4.90 Å². The van der Waals surface area contributed by atoms with Crippen molar-refractivity contribution >= 4 is 17.1 Å². The van der Waals surface area contributed by atoms with Gasteiger partial charge in [-0.25, -0.2) is 13.7 Å². The number of hydrogen-bond acceptors (Lipinski definition) is 1. The zero-order valence-electron chi connectivity index (χ0n) is 14.4. The van der Waals surface area contributed by atoms with E-state index >= 15 is 0 Å². The molecule has 0 saturated heterocycles. The van der Waals surface area contributed by atoms with Crippen molar-refractivity contribution in [3.8, 4) is 0 Å². The van der Waals surface area contributed by atoms with Crippen LogP contribution in [0.5, 0.6) is 0 Å². The molecule has 0 unspecified atom stereocenters. The van der Waals surface area contributed by atoms with Gasteiger partial charge in [0, 0.05) is 30.3 Å². The maximum absolute atomic E-state index is 2.25. The van der Waals surface area contributed by atoms with Crippen LogP contribution in [0.15, 0.2) is 73.6 Å². The Morgan fingerprint density at radius 2 is 1.00 bits per heavy atom. The monoisotopic (exact) mass is 350 g/mol. The van der Waals surface area contributed by atoms with E-state index in [1.54, 1.807) is 0 Å². The third-order valence-electron chi connectivity index (χ3n) is 3.62. The molecule has 7 heteroatoms. The lowest BCUT2D eigenvalue weighted by Crippen LogP contribution is -3.00. The Balaban J connectivity index is 0.00000192.